The van der Waals surface area contributed by atoms with Crippen molar-refractivity contribution in [2.75, 3.05) is 5.32 Å². The van der Waals surface area contributed by atoms with Crippen molar-refractivity contribution >= 4 is 36.0 Å². The van der Waals surface area contributed by atoms with Crippen LogP contribution in [0.4, 0.5) is 10.5 Å². The van der Waals surface area contributed by atoms with E-state index < -0.39 is 30.5 Å². The summed E-state index contributed by atoms with van der Waals surface area (Å²) in [7, 11) is -0.464. The van der Waals surface area contributed by atoms with E-state index in [2.05, 4.69) is 10.5 Å². The summed E-state index contributed by atoms with van der Waals surface area (Å²) in [6, 6.07) is 14.8. The first kappa shape index (κ1) is 24.3. The van der Waals surface area contributed by atoms with Gasteiger partial charge in [0.15, 0.2) is 5.76 Å². The van der Waals surface area contributed by atoms with Crippen molar-refractivity contribution in [3.8, 4) is 11.3 Å². The third-order valence-electron chi connectivity index (χ3n) is 6.42. The number of aromatic nitrogens is 1. The van der Waals surface area contributed by atoms with E-state index in [1.807, 2.05) is 70.2 Å². The Morgan fingerprint density at radius 3 is 2.29 bits per heavy atom. The van der Waals surface area contributed by atoms with E-state index in [4.69, 9.17) is 30.2 Å². The molecule has 0 aliphatic carbocycles. The molecule has 0 bridgehead atoms. The maximum absolute atomic E-state index is 12.6. The fraction of sp³-hybridized carbons (Fsp3) is 0.360. The van der Waals surface area contributed by atoms with Crippen LogP contribution in [0.15, 0.2) is 53.1 Å². The van der Waals surface area contributed by atoms with Crippen LogP contribution in [0.2, 0.25) is 5.02 Å². The Bertz CT molecular complexity index is 1180. The highest BCUT2D eigenvalue weighted by atomic mass is 35.5. The number of hydrogen-bond donors (Lipinski definition) is 1. The highest BCUT2D eigenvalue weighted by Gasteiger charge is 2.51. The minimum absolute atomic E-state index is 0.420. The van der Waals surface area contributed by atoms with Gasteiger partial charge in [-0.15, -0.1) is 0 Å². The van der Waals surface area contributed by atoms with E-state index in [-0.39, 0.29) is 0 Å². The van der Waals surface area contributed by atoms with E-state index in [1.165, 1.54) is 0 Å². The summed E-state index contributed by atoms with van der Waals surface area (Å²) in [4.78, 5) is 12.6. The molecule has 178 valence electrons. The van der Waals surface area contributed by atoms with Crippen LogP contribution in [0.5, 0.6) is 0 Å². The van der Waals surface area contributed by atoms with Gasteiger partial charge in [0.05, 0.1) is 11.2 Å². The first-order valence-corrected chi connectivity index (χ1v) is 11.5. The quantitative estimate of drug-likeness (QED) is 0.455. The number of ether oxygens (including phenoxy) is 1. The molecule has 0 unspecified atom stereocenters. The van der Waals surface area contributed by atoms with Gasteiger partial charge in [-0.2, -0.15) is 0 Å². The van der Waals surface area contributed by atoms with Crippen molar-refractivity contribution < 1.29 is 23.4 Å². The van der Waals surface area contributed by atoms with Crippen molar-refractivity contribution in [3.63, 3.8) is 0 Å². The Kier molecular flexibility index (Phi) is 6.51. The molecule has 1 N–H and O–H groups in total. The van der Waals surface area contributed by atoms with Gasteiger partial charge in [-0.3, -0.25) is 5.32 Å². The molecule has 0 spiro atoms. The maximum Gasteiger partial charge on any atom is 0.494 e. The number of halogens is 1. The smallest absolute Gasteiger partial charge is 0.441 e. The van der Waals surface area contributed by atoms with Crippen LogP contribution in [0.3, 0.4) is 0 Å². The number of carbonyl (C=O) groups excluding carboxylic acids is 1. The van der Waals surface area contributed by atoms with E-state index in [9.17, 15) is 4.79 Å². The summed E-state index contributed by atoms with van der Waals surface area (Å²) in [5.74, 6) is 0.431. The number of hydrogen-bond acceptors (Lipinski definition) is 6. The average molecular weight is 483 g/mol. The molecule has 2 heterocycles. The number of nitrogens with one attached hydrogen (secondary N) is 1. The minimum atomic E-state index is -0.631. The first-order chi connectivity index (χ1) is 16.0. The van der Waals surface area contributed by atoms with Crippen molar-refractivity contribution in [2.45, 2.75) is 58.8 Å². The van der Waals surface area contributed by atoms with Crippen LogP contribution in [0.1, 0.15) is 52.0 Å². The number of carbonyl (C=O) groups is 1. The number of nitrogens with zero attached hydrogens (tertiary/aromatic N) is 1. The summed E-state index contributed by atoms with van der Waals surface area (Å²) in [6.45, 7) is 11.6. The van der Waals surface area contributed by atoms with Crippen molar-refractivity contribution in [1.82, 2.24) is 5.16 Å². The van der Waals surface area contributed by atoms with Crippen LogP contribution in [-0.4, -0.2) is 29.6 Å². The lowest BCUT2D eigenvalue weighted by molar-refractivity contribution is 0.00578. The predicted molar refractivity (Wildman–Crippen MR) is 132 cm³/mol. The normalized spacial score (nSPS) is 17.4. The van der Waals surface area contributed by atoms with E-state index >= 15 is 0 Å². The molecule has 1 aliphatic rings. The number of amides is 1. The Labute approximate surface area is 204 Å². The monoisotopic (exact) mass is 482 g/mol. The summed E-state index contributed by atoms with van der Waals surface area (Å²) in [5, 5.41) is 7.31. The zero-order chi connectivity index (χ0) is 24.7. The minimum Gasteiger partial charge on any atom is -0.441 e. The van der Waals surface area contributed by atoms with Gasteiger partial charge in [-0.1, -0.05) is 59.2 Å². The lowest BCUT2D eigenvalue weighted by atomic mass is 9.79. The third kappa shape index (κ3) is 4.71. The molecule has 1 amide bonds. The van der Waals surface area contributed by atoms with Crippen LogP contribution >= 0.6 is 11.6 Å². The van der Waals surface area contributed by atoms with Crippen LogP contribution in [-0.2, 0) is 14.0 Å². The summed E-state index contributed by atoms with van der Waals surface area (Å²) in [5.41, 5.74) is 2.50. The number of aryl methyl sites for hydroxylation is 1. The van der Waals surface area contributed by atoms with Crippen molar-refractivity contribution in [2.24, 2.45) is 0 Å². The molecule has 4 rings (SSSR count). The van der Waals surface area contributed by atoms with Crippen LogP contribution in [0.25, 0.3) is 11.3 Å². The van der Waals surface area contributed by atoms with Crippen molar-refractivity contribution in [3.05, 3.63) is 64.8 Å². The molecule has 1 fully saturated rings. The van der Waals surface area contributed by atoms with Gasteiger partial charge >= 0.3 is 13.2 Å². The molecule has 0 saturated carbocycles. The molecule has 7 nitrogen and oxygen atoms in total. The van der Waals surface area contributed by atoms with Gasteiger partial charge in [0.2, 0.25) is 0 Å². The van der Waals surface area contributed by atoms with E-state index in [1.54, 1.807) is 19.9 Å². The van der Waals surface area contributed by atoms with Gasteiger partial charge < -0.3 is 18.6 Å². The summed E-state index contributed by atoms with van der Waals surface area (Å²) < 4.78 is 23.3. The molecule has 0 radical (unpaired) electrons. The second-order valence-electron chi connectivity index (χ2n) is 9.38. The van der Waals surface area contributed by atoms with Crippen LogP contribution in [0, 0.1) is 6.92 Å². The zero-order valence-electron chi connectivity index (χ0n) is 20.1. The fourth-order valence-electron chi connectivity index (χ4n) is 3.65. The second kappa shape index (κ2) is 9.10. The standard InChI is InChI=1S/C25H28BClN2O5/c1-15-21(28-23(30)31-16(2)19-9-7-8-10-20(19)27)22(32-29-15)17-11-13-18(14-12-17)26-33-24(3,4)25(5,6)34-26/h7-14,16H,1-6H3,(H,28,30)/t16-/m1/s1. The molecule has 3 aromatic rings. The highest BCUT2D eigenvalue weighted by Crippen LogP contribution is 2.37. The van der Waals surface area contributed by atoms with E-state index in [0.717, 1.165) is 16.6 Å². The van der Waals surface area contributed by atoms with Gasteiger partial charge in [0.25, 0.3) is 0 Å². The SMILES string of the molecule is Cc1noc(-c2ccc(B3OC(C)(C)C(C)(C)O3)cc2)c1NC(=O)O[C@H](C)c1ccccc1Cl. The third-order valence-corrected chi connectivity index (χ3v) is 6.76. The van der Waals surface area contributed by atoms with E-state index in [0.29, 0.717) is 22.2 Å². The Morgan fingerprint density at radius 1 is 1.06 bits per heavy atom. The Balaban J connectivity index is 1.49. The fourth-order valence-corrected chi connectivity index (χ4v) is 3.93. The molecule has 34 heavy (non-hydrogen) atoms. The topological polar surface area (TPSA) is 82.8 Å². The highest BCUT2D eigenvalue weighted by molar-refractivity contribution is 6.62. The Morgan fingerprint density at radius 2 is 1.68 bits per heavy atom. The molecule has 1 saturated heterocycles. The molecule has 1 aromatic heterocycles. The van der Waals surface area contributed by atoms with Crippen LogP contribution < -0.4 is 10.8 Å². The molecule has 9 heteroatoms. The molecule has 2 aromatic carbocycles. The summed E-state index contributed by atoms with van der Waals surface area (Å²) in [6.07, 6.45) is -1.16. The number of anilines is 1. The molecular weight excluding hydrogens is 455 g/mol. The number of rotatable bonds is 5. The molecule has 1 aliphatic heterocycles. The molecular formula is C25H28BClN2O5. The lowest BCUT2D eigenvalue weighted by Gasteiger charge is -2.32. The van der Waals surface area contributed by atoms with Crippen molar-refractivity contribution in [1.29, 1.82) is 0 Å². The predicted octanol–water partition coefficient (Wildman–Crippen LogP) is 5.91. The zero-order valence-corrected chi connectivity index (χ0v) is 20.9. The Hall–Kier alpha value is -2.81. The van der Waals surface area contributed by atoms with Gasteiger partial charge in [0.1, 0.15) is 17.5 Å². The second-order valence-corrected chi connectivity index (χ2v) is 9.78. The molecule has 1 atom stereocenters. The average Bonchev–Trinajstić information content (AvgIpc) is 3.23. The largest absolute Gasteiger partial charge is 0.494 e. The first-order valence-electron chi connectivity index (χ1n) is 11.1. The summed E-state index contributed by atoms with van der Waals surface area (Å²) >= 11 is 6.21. The van der Waals surface area contributed by atoms with Gasteiger partial charge in [-0.25, -0.2) is 4.79 Å². The lowest BCUT2D eigenvalue weighted by Crippen LogP contribution is -2.41. The maximum atomic E-state index is 12.6. The number of benzene rings is 2. The van der Waals surface area contributed by atoms with Gasteiger partial charge in [-0.05, 0) is 53.1 Å². The van der Waals surface area contributed by atoms with Gasteiger partial charge in [0, 0.05) is 16.1 Å².